The summed E-state index contributed by atoms with van der Waals surface area (Å²) in [4.78, 5) is 26.8. The smallest absolute Gasteiger partial charge is 0.342 e. The molecular formula is C22H25NO6. The first-order valence-electron chi connectivity index (χ1n) is 9.42. The number of likely N-dealkylation sites (tertiary alicyclic amines) is 1. The van der Waals surface area contributed by atoms with Crippen molar-refractivity contribution in [1.82, 2.24) is 4.90 Å². The van der Waals surface area contributed by atoms with E-state index in [4.69, 9.17) is 18.9 Å². The highest BCUT2D eigenvalue weighted by Crippen LogP contribution is 2.35. The molecule has 2 aromatic carbocycles. The number of ether oxygens (including phenoxy) is 4. The zero-order chi connectivity index (χ0) is 20.8. The molecule has 3 rings (SSSR count). The Labute approximate surface area is 170 Å². The summed E-state index contributed by atoms with van der Waals surface area (Å²) in [5.41, 5.74) is 1.67. The Balaban J connectivity index is 1.66. The van der Waals surface area contributed by atoms with E-state index in [-0.39, 0.29) is 18.1 Å². The van der Waals surface area contributed by atoms with E-state index in [2.05, 4.69) is 0 Å². The van der Waals surface area contributed by atoms with Crippen molar-refractivity contribution >= 4 is 11.9 Å². The summed E-state index contributed by atoms with van der Waals surface area (Å²) >= 11 is 0. The number of rotatable bonds is 7. The Morgan fingerprint density at radius 3 is 2.03 bits per heavy atom. The van der Waals surface area contributed by atoms with E-state index in [1.165, 1.54) is 27.4 Å². The maximum Gasteiger partial charge on any atom is 0.342 e. The van der Waals surface area contributed by atoms with Crippen LogP contribution in [0.3, 0.4) is 0 Å². The van der Waals surface area contributed by atoms with Crippen LogP contribution in [0.1, 0.15) is 39.1 Å². The minimum Gasteiger partial charge on any atom is -0.496 e. The fraction of sp³-hybridized carbons (Fsp3) is 0.364. The van der Waals surface area contributed by atoms with Crippen LogP contribution in [0.5, 0.6) is 17.2 Å². The van der Waals surface area contributed by atoms with Gasteiger partial charge in [-0.2, -0.15) is 0 Å². The van der Waals surface area contributed by atoms with Crippen LogP contribution < -0.4 is 14.2 Å². The largest absolute Gasteiger partial charge is 0.496 e. The van der Waals surface area contributed by atoms with Crippen LogP contribution in [0.2, 0.25) is 0 Å². The number of carbonyl (C=O) groups excluding carboxylic acids is 2. The maximum atomic E-state index is 12.6. The topological polar surface area (TPSA) is 74.3 Å². The van der Waals surface area contributed by atoms with Gasteiger partial charge in [0.2, 0.25) is 0 Å². The van der Waals surface area contributed by atoms with Crippen LogP contribution in [-0.2, 0) is 11.3 Å². The van der Waals surface area contributed by atoms with Crippen molar-refractivity contribution < 1.29 is 28.5 Å². The molecule has 0 atom stereocenters. The average Bonchev–Trinajstić information content (AvgIpc) is 3.31. The summed E-state index contributed by atoms with van der Waals surface area (Å²) in [5, 5.41) is 0. The van der Waals surface area contributed by atoms with Crippen LogP contribution in [0.4, 0.5) is 0 Å². The second kappa shape index (κ2) is 9.32. The Hall–Kier alpha value is -3.22. The number of hydrogen-bond donors (Lipinski definition) is 0. The van der Waals surface area contributed by atoms with E-state index in [9.17, 15) is 9.59 Å². The van der Waals surface area contributed by atoms with E-state index in [0.29, 0.717) is 22.8 Å². The summed E-state index contributed by atoms with van der Waals surface area (Å²) in [6.07, 6.45) is 2.11. The van der Waals surface area contributed by atoms with Crippen molar-refractivity contribution in [3.05, 3.63) is 53.1 Å². The third-order valence-corrected chi connectivity index (χ3v) is 4.89. The quantitative estimate of drug-likeness (QED) is 0.665. The summed E-state index contributed by atoms with van der Waals surface area (Å²) in [6.45, 7) is 1.70. The van der Waals surface area contributed by atoms with Gasteiger partial charge in [0.1, 0.15) is 17.9 Å². The van der Waals surface area contributed by atoms with Crippen LogP contribution in [0.25, 0.3) is 0 Å². The van der Waals surface area contributed by atoms with Gasteiger partial charge < -0.3 is 23.8 Å². The predicted molar refractivity (Wildman–Crippen MR) is 107 cm³/mol. The number of carbonyl (C=O) groups is 2. The molecule has 0 unspecified atom stereocenters. The first kappa shape index (κ1) is 20.5. The molecule has 0 aliphatic carbocycles. The zero-order valence-corrected chi connectivity index (χ0v) is 16.9. The first-order chi connectivity index (χ1) is 14.1. The van der Waals surface area contributed by atoms with Crippen molar-refractivity contribution in [1.29, 1.82) is 0 Å². The first-order valence-corrected chi connectivity index (χ1v) is 9.42. The SMILES string of the molecule is COc1cc(OC)c(C(=O)OCc2ccc(C(=O)N3CCCC3)cc2)cc1OC. The monoisotopic (exact) mass is 399 g/mol. The zero-order valence-electron chi connectivity index (χ0n) is 16.9. The van der Waals surface area contributed by atoms with Gasteiger partial charge in [-0.15, -0.1) is 0 Å². The molecule has 1 saturated heterocycles. The lowest BCUT2D eigenvalue weighted by atomic mass is 10.1. The van der Waals surface area contributed by atoms with E-state index < -0.39 is 5.97 Å². The van der Waals surface area contributed by atoms with Crippen LogP contribution in [0, 0.1) is 0 Å². The van der Waals surface area contributed by atoms with Gasteiger partial charge in [-0.05, 0) is 30.5 Å². The summed E-state index contributed by atoms with van der Waals surface area (Å²) in [6, 6.07) is 10.2. The average molecular weight is 399 g/mol. The van der Waals surface area contributed by atoms with E-state index in [1.54, 1.807) is 30.3 Å². The lowest BCUT2D eigenvalue weighted by Crippen LogP contribution is -2.27. The molecule has 1 aliphatic rings. The van der Waals surface area contributed by atoms with Crippen molar-refractivity contribution in [3.63, 3.8) is 0 Å². The molecule has 7 heteroatoms. The molecule has 154 valence electrons. The van der Waals surface area contributed by atoms with Gasteiger partial charge in [-0.1, -0.05) is 12.1 Å². The molecule has 1 aliphatic heterocycles. The fourth-order valence-corrected chi connectivity index (χ4v) is 3.26. The molecular weight excluding hydrogens is 374 g/mol. The van der Waals surface area contributed by atoms with Gasteiger partial charge in [-0.25, -0.2) is 4.79 Å². The summed E-state index contributed by atoms with van der Waals surface area (Å²) in [5.74, 6) is 0.699. The molecule has 1 amide bonds. The Morgan fingerprint density at radius 2 is 1.45 bits per heavy atom. The number of amides is 1. The minimum atomic E-state index is -0.542. The third-order valence-electron chi connectivity index (χ3n) is 4.89. The van der Waals surface area contributed by atoms with E-state index >= 15 is 0 Å². The van der Waals surface area contributed by atoms with Gasteiger partial charge in [0.25, 0.3) is 5.91 Å². The molecule has 0 bridgehead atoms. The fourth-order valence-electron chi connectivity index (χ4n) is 3.26. The maximum absolute atomic E-state index is 12.6. The second-order valence-corrected chi connectivity index (χ2v) is 6.68. The minimum absolute atomic E-state index is 0.0427. The number of hydrogen-bond acceptors (Lipinski definition) is 6. The Bertz CT molecular complexity index is 872. The van der Waals surface area contributed by atoms with Gasteiger partial charge in [0, 0.05) is 30.8 Å². The van der Waals surface area contributed by atoms with Crippen LogP contribution in [0.15, 0.2) is 36.4 Å². The molecule has 7 nitrogen and oxygen atoms in total. The van der Waals surface area contributed by atoms with E-state index in [0.717, 1.165) is 31.5 Å². The second-order valence-electron chi connectivity index (χ2n) is 6.68. The molecule has 2 aromatic rings. The summed E-state index contributed by atoms with van der Waals surface area (Å²) < 4.78 is 21.2. The molecule has 0 saturated carbocycles. The number of benzene rings is 2. The molecule has 0 N–H and O–H groups in total. The van der Waals surface area contributed by atoms with Crippen molar-refractivity contribution in [3.8, 4) is 17.2 Å². The Kier molecular flexibility index (Phi) is 6.59. The highest BCUT2D eigenvalue weighted by Gasteiger charge is 2.20. The van der Waals surface area contributed by atoms with E-state index in [1.807, 2.05) is 4.90 Å². The van der Waals surface area contributed by atoms with Gasteiger partial charge >= 0.3 is 5.97 Å². The predicted octanol–water partition coefficient (Wildman–Crippen LogP) is 3.31. The highest BCUT2D eigenvalue weighted by atomic mass is 16.5. The van der Waals surface area contributed by atoms with Crippen molar-refractivity contribution in [2.45, 2.75) is 19.4 Å². The molecule has 29 heavy (non-hydrogen) atoms. The highest BCUT2D eigenvalue weighted by molar-refractivity contribution is 5.94. The number of methoxy groups -OCH3 is 3. The van der Waals surface area contributed by atoms with Crippen molar-refractivity contribution in [2.75, 3.05) is 34.4 Å². The van der Waals surface area contributed by atoms with Gasteiger partial charge in [0.15, 0.2) is 11.5 Å². The third kappa shape index (κ3) is 4.62. The summed E-state index contributed by atoms with van der Waals surface area (Å²) in [7, 11) is 4.46. The normalized spacial score (nSPS) is 13.1. The lowest BCUT2D eigenvalue weighted by Gasteiger charge is -2.15. The standard InChI is InChI=1S/C22H25NO6/c1-26-18-13-20(28-3)19(27-2)12-17(18)22(25)29-14-15-6-8-16(9-7-15)21(24)23-10-4-5-11-23/h6-9,12-13H,4-5,10-11,14H2,1-3H3. The Morgan fingerprint density at radius 1 is 0.862 bits per heavy atom. The molecule has 1 heterocycles. The molecule has 0 aromatic heterocycles. The number of nitrogens with zero attached hydrogens (tertiary/aromatic N) is 1. The van der Waals surface area contributed by atoms with Gasteiger partial charge in [-0.3, -0.25) is 4.79 Å². The molecule has 0 spiro atoms. The number of esters is 1. The molecule has 1 fully saturated rings. The molecule has 0 radical (unpaired) electrons. The van der Waals surface area contributed by atoms with Crippen molar-refractivity contribution in [2.24, 2.45) is 0 Å². The van der Waals surface area contributed by atoms with Crippen LogP contribution in [-0.4, -0.2) is 51.2 Å². The lowest BCUT2D eigenvalue weighted by molar-refractivity contribution is 0.0468. The van der Waals surface area contributed by atoms with Gasteiger partial charge in [0.05, 0.1) is 21.3 Å². The van der Waals surface area contributed by atoms with Crippen LogP contribution >= 0.6 is 0 Å².